The Morgan fingerprint density at radius 3 is 2.25 bits per heavy atom. The number of rotatable bonds is 2. The molecule has 2 heteroatoms. The highest BCUT2D eigenvalue weighted by molar-refractivity contribution is 4.93. The van der Waals surface area contributed by atoms with Crippen molar-refractivity contribution in [3.05, 3.63) is 0 Å². The summed E-state index contributed by atoms with van der Waals surface area (Å²) in [6, 6.07) is 0.386. The van der Waals surface area contributed by atoms with Gasteiger partial charge in [0.2, 0.25) is 0 Å². The van der Waals surface area contributed by atoms with E-state index in [0.717, 1.165) is 5.92 Å². The van der Waals surface area contributed by atoms with Crippen LogP contribution < -0.4 is 5.73 Å². The van der Waals surface area contributed by atoms with Crippen molar-refractivity contribution >= 4 is 0 Å². The number of hydrogen-bond acceptors (Lipinski definition) is 2. The summed E-state index contributed by atoms with van der Waals surface area (Å²) in [4.78, 5) is 2.69. The van der Waals surface area contributed by atoms with Crippen LogP contribution in [-0.2, 0) is 0 Å². The number of hydrogen-bond donors (Lipinski definition) is 1. The Morgan fingerprint density at radius 1 is 1.10 bits per heavy atom. The largest absolute Gasteiger partial charge is 0.327 e. The van der Waals surface area contributed by atoms with Crippen LogP contribution >= 0.6 is 0 Å². The van der Waals surface area contributed by atoms with Crippen molar-refractivity contribution in [2.45, 2.75) is 72.8 Å². The van der Waals surface area contributed by atoms with Crippen molar-refractivity contribution in [1.82, 2.24) is 4.90 Å². The van der Waals surface area contributed by atoms with Crippen LogP contribution in [0.25, 0.3) is 0 Å². The number of nitrogens with zero attached hydrogens (tertiary/aromatic N) is 1. The van der Waals surface area contributed by atoms with E-state index < -0.39 is 0 Å². The summed E-state index contributed by atoms with van der Waals surface area (Å²) in [6.45, 7) is 15.7. The maximum atomic E-state index is 6.54. The van der Waals surface area contributed by atoms with E-state index in [1.165, 1.54) is 51.7 Å². The molecule has 2 aliphatic rings. The van der Waals surface area contributed by atoms with E-state index in [4.69, 9.17) is 5.73 Å². The second-order valence-electron chi connectivity index (χ2n) is 9.11. The zero-order chi connectivity index (χ0) is 15.0. The van der Waals surface area contributed by atoms with Gasteiger partial charge in [-0.2, -0.15) is 0 Å². The highest BCUT2D eigenvalue weighted by Crippen LogP contribution is 2.39. The molecule has 118 valence electrons. The van der Waals surface area contributed by atoms with Crippen LogP contribution in [0.4, 0.5) is 0 Å². The molecule has 1 saturated carbocycles. The second-order valence-corrected chi connectivity index (χ2v) is 9.11. The minimum atomic E-state index is 0.340. The van der Waals surface area contributed by atoms with Gasteiger partial charge in [0.15, 0.2) is 0 Å². The quantitative estimate of drug-likeness (QED) is 0.831. The molecule has 0 spiro atoms. The molecule has 0 aromatic heterocycles. The first-order valence-electron chi connectivity index (χ1n) is 8.68. The van der Waals surface area contributed by atoms with E-state index in [1.54, 1.807) is 0 Å². The third-order valence-electron chi connectivity index (χ3n) is 6.11. The molecule has 0 aromatic rings. The first kappa shape index (κ1) is 16.3. The summed E-state index contributed by atoms with van der Waals surface area (Å²) in [5, 5.41) is 0. The first-order chi connectivity index (χ1) is 9.20. The number of likely N-dealkylation sites (tertiary alicyclic amines) is 1. The van der Waals surface area contributed by atoms with Gasteiger partial charge < -0.3 is 10.6 Å². The highest BCUT2D eigenvalue weighted by Gasteiger charge is 2.37. The van der Waals surface area contributed by atoms with Gasteiger partial charge in [0.1, 0.15) is 0 Å². The lowest BCUT2D eigenvalue weighted by atomic mass is 9.68. The summed E-state index contributed by atoms with van der Waals surface area (Å²) in [5.74, 6) is 1.61. The summed E-state index contributed by atoms with van der Waals surface area (Å²) in [6.07, 6.45) is 6.74. The van der Waals surface area contributed by atoms with Crippen molar-refractivity contribution in [2.75, 3.05) is 19.6 Å². The summed E-state index contributed by atoms with van der Waals surface area (Å²) in [5.41, 5.74) is 7.37. The normalized spacial score (nSPS) is 33.3. The molecular formula is C18H36N2. The van der Waals surface area contributed by atoms with Crippen LogP contribution in [0, 0.1) is 22.7 Å². The van der Waals surface area contributed by atoms with Gasteiger partial charge in [-0.15, -0.1) is 0 Å². The number of piperidine rings is 1. The average Bonchev–Trinajstić information content (AvgIpc) is 2.34. The van der Waals surface area contributed by atoms with Gasteiger partial charge in [0.25, 0.3) is 0 Å². The summed E-state index contributed by atoms with van der Waals surface area (Å²) in [7, 11) is 0. The lowest BCUT2D eigenvalue weighted by Gasteiger charge is -2.45. The molecule has 2 N–H and O–H groups in total. The SMILES string of the molecule is CC(C)(C)C1CCN(CC2CCCC(C)(C)C2N)CC1. The third-order valence-corrected chi connectivity index (χ3v) is 6.11. The fourth-order valence-electron chi connectivity index (χ4n) is 4.32. The van der Waals surface area contributed by atoms with Gasteiger partial charge in [-0.1, -0.05) is 41.0 Å². The first-order valence-corrected chi connectivity index (χ1v) is 8.68. The van der Waals surface area contributed by atoms with E-state index in [9.17, 15) is 0 Å². The maximum Gasteiger partial charge on any atom is 0.0131 e. The van der Waals surface area contributed by atoms with Crippen molar-refractivity contribution in [3.63, 3.8) is 0 Å². The van der Waals surface area contributed by atoms with Crippen molar-refractivity contribution < 1.29 is 0 Å². The standard InChI is InChI=1S/C18H36N2/c1-17(2,3)15-8-11-20(12-9-15)13-14-7-6-10-18(4,5)16(14)19/h14-16H,6-13,19H2,1-5H3. The van der Waals surface area contributed by atoms with E-state index in [-0.39, 0.29) is 0 Å². The molecule has 2 atom stereocenters. The average molecular weight is 281 g/mol. The molecule has 2 fully saturated rings. The molecule has 20 heavy (non-hydrogen) atoms. The van der Waals surface area contributed by atoms with Crippen molar-refractivity contribution in [2.24, 2.45) is 28.4 Å². The van der Waals surface area contributed by atoms with E-state index in [1.807, 2.05) is 0 Å². The van der Waals surface area contributed by atoms with Gasteiger partial charge >= 0.3 is 0 Å². The molecule has 2 rings (SSSR count). The Morgan fingerprint density at radius 2 is 1.70 bits per heavy atom. The molecule has 0 bridgehead atoms. The maximum absolute atomic E-state index is 6.54. The van der Waals surface area contributed by atoms with E-state index in [0.29, 0.717) is 22.8 Å². The van der Waals surface area contributed by atoms with Gasteiger partial charge in [-0.25, -0.2) is 0 Å². The van der Waals surface area contributed by atoms with Crippen LogP contribution in [0.1, 0.15) is 66.7 Å². The zero-order valence-electron chi connectivity index (χ0n) is 14.4. The Balaban J connectivity index is 1.84. The Hall–Kier alpha value is -0.0800. The van der Waals surface area contributed by atoms with Gasteiger partial charge in [0, 0.05) is 12.6 Å². The van der Waals surface area contributed by atoms with E-state index >= 15 is 0 Å². The Labute approximate surface area is 126 Å². The molecule has 1 heterocycles. The Bertz CT molecular complexity index is 308. The van der Waals surface area contributed by atoms with Crippen molar-refractivity contribution in [3.8, 4) is 0 Å². The highest BCUT2D eigenvalue weighted by atomic mass is 15.1. The Kier molecular flexibility index (Phi) is 4.86. The third kappa shape index (κ3) is 3.76. The molecule has 2 unspecified atom stereocenters. The smallest absolute Gasteiger partial charge is 0.0131 e. The molecular weight excluding hydrogens is 244 g/mol. The fraction of sp³-hybridized carbons (Fsp3) is 1.00. The summed E-state index contributed by atoms with van der Waals surface area (Å²) < 4.78 is 0. The zero-order valence-corrected chi connectivity index (χ0v) is 14.4. The number of nitrogens with two attached hydrogens (primary N) is 1. The lowest BCUT2D eigenvalue weighted by Crippen LogP contribution is -2.51. The van der Waals surface area contributed by atoms with Gasteiger partial charge in [-0.3, -0.25) is 0 Å². The van der Waals surface area contributed by atoms with Crippen LogP contribution in [0.3, 0.4) is 0 Å². The minimum absolute atomic E-state index is 0.340. The lowest BCUT2D eigenvalue weighted by molar-refractivity contribution is 0.0658. The molecule has 0 amide bonds. The van der Waals surface area contributed by atoms with Crippen molar-refractivity contribution in [1.29, 1.82) is 0 Å². The monoisotopic (exact) mass is 280 g/mol. The van der Waals surface area contributed by atoms with Gasteiger partial charge in [-0.05, 0) is 61.4 Å². The minimum Gasteiger partial charge on any atom is -0.327 e. The van der Waals surface area contributed by atoms with Crippen LogP contribution in [0.2, 0.25) is 0 Å². The predicted octanol–water partition coefficient (Wildman–Crippen LogP) is 3.90. The fourth-order valence-corrected chi connectivity index (χ4v) is 4.32. The molecule has 0 radical (unpaired) electrons. The van der Waals surface area contributed by atoms with Gasteiger partial charge in [0.05, 0.1) is 0 Å². The van der Waals surface area contributed by atoms with E-state index in [2.05, 4.69) is 39.5 Å². The molecule has 1 aliphatic carbocycles. The predicted molar refractivity (Wildman–Crippen MR) is 87.7 cm³/mol. The second kappa shape index (κ2) is 5.96. The van der Waals surface area contributed by atoms with Crippen LogP contribution in [0.5, 0.6) is 0 Å². The molecule has 0 aromatic carbocycles. The van der Waals surface area contributed by atoms with Crippen LogP contribution in [-0.4, -0.2) is 30.6 Å². The molecule has 2 nitrogen and oxygen atoms in total. The van der Waals surface area contributed by atoms with Crippen LogP contribution in [0.15, 0.2) is 0 Å². The topological polar surface area (TPSA) is 29.3 Å². The molecule has 1 aliphatic heterocycles. The summed E-state index contributed by atoms with van der Waals surface area (Å²) >= 11 is 0. The molecule has 1 saturated heterocycles.